The Morgan fingerprint density at radius 2 is 1.81 bits per heavy atom. The van der Waals surface area contributed by atoms with Gasteiger partial charge in [0.15, 0.2) is 0 Å². The van der Waals surface area contributed by atoms with Gasteiger partial charge in [-0.25, -0.2) is 0 Å². The van der Waals surface area contributed by atoms with Gasteiger partial charge in [0.1, 0.15) is 0 Å². The maximum atomic E-state index is 13.4. The first-order valence-electron chi connectivity index (χ1n) is 7.48. The maximum absolute atomic E-state index is 13.4. The van der Waals surface area contributed by atoms with Crippen LogP contribution in [0.25, 0.3) is 0 Å². The fourth-order valence-electron chi connectivity index (χ4n) is 2.79. The number of hydrogen-bond acceptors (Lipinski definition) is 2. The normalized spacial score (nSPS) is 22.9. The van der Waals surface area contributed by atoms with E-state index in [4.69, 9.17) is 0 Å². The Balaban J connectivity index is 2.32. The van der Waals surface area contributed by atoms with Gasteiger partial charge >= 0.3 is 6.18 Å². The van der Waals surface area contributed by atoms with Gasteiger partial charge in [-0.05, 0) is 36.1 Å². The Morgan fingerprint density at radius 1 is 1.19 bits per heavy atom. The largest absolute Gasteiger partial charge is 0.418 e. The highest BCUT2D eigenvalue weighted by Gasteiger charge is 2.37. The Labute approximate surface area is 124 Å². The van der Waals surface area contributed by atoms with E-state index in [0.717, 1.165) is 6.54 Å². The maximum Gasteiger partial charge on any atom is 0.418 e. The second-order valence-corrected chi connectivity index (χ2v) is 5.99. The van der Waals surface area contributed by atoms with Crippen molar-refractivity contribution in [1.29, 1.82) is 0 Å². The minimum Gasteiger partial charge on any atom is -0.370 e. The first-order chi connectivity index (χ1) is 9.82. The zero-order chi connectivity index (χ0) is 15.6. The third-order valence-electron chi connectivity index (χ3n) is 4.27. The average Bonchev–Trinajstić information content (AvgIpc) is 2.75. The molecule has 1 aliphatic heterocycles. The molecule has 5 heteroatoms. The molecule has 1 N–H and O–H groups in total. The molecule has 2 rings (SSSR count). The van der Waals surface area contributed by atoms with Crippen LogP contribution in [0.2, 0.25) is 0 Å². The molecule has 1 heterocycles. The zero-order valence-corrected chi connectivity index (χ0v) is 12.8. The zero-order valence-electron chi connectivity index (χ0n) is 12.8. The van der Waals surface area contributed by atoms with Crippen LogP contribution in [0.3, 0.4) is 0 Å². The van der Waals surface area contributed by atoms with Gasteiger partial charge in [0.05, 0.1) is 5.56 Å². The third kappa shape index (κ3) is 3.70. The summed E-state index contributed by atoms with van der Waals surface area (Å²) >= 11 is 0. The van der Waals surface area contributed by atoms with Crippen molar-refractivity contribution < 1.29 is 13.2 Å². The number of nitrogens with zero attached hydrogens (tertiary/aromatic N) is 1. The van der Waals surface area contributed by atoms with Gasteiger partial charge in [-0.1, -0.05) is 26.8 Å². The summed E-state index contributed by atoms with van der Waals surface area (Å²) in [6.45, 7) is 8.71. The Kier molecular flexibility index (Phi) is 4.81. The summed E-state index contributed by atoms with van der Waals surface area (Å²) in [5, 5.41) is 3.07. The topological polar surface area (TPSA) is 15.3 Å². The molecule has 1 fully saturated rings. The number of benzene rings is 1. The van der Waals surface area contributed by atoms with Crippen molar-refractivity contribution in [1.82, 2.24) is 5.32 Å². The van der Waals surface area contributed by atoms with E-state index in [2.05, 4.69) is 19.2 Å². The minimum atomic E-state index is -4.31. The lowest BCUT2D eigenvalue weighted by Gasteiger charge is -2.24. The third-order valence-corrected chi connectivity index (χ3v) is 4.27. The molecule has 21 heavy (non-hydrogen) atoms. The van der Waals surface area contributed by atoms with Crippen molar-refractivity contribution in [3.63, 3.8) is 0 Å². The number of alkyl halides is 3. The standard InChI is InChI=1S/C16H23F3N2/c1-4-20-8-13-5-6-15(14(7-13)16(17,18)19)21-9-11(2)12(3)10-21/h5-7,11-12,20H,4,8-10H2,1-3H3. The highest BCUT2D eigenvalue weighted by Crippen LogP contribution is 2.39. The Morgan fingerprint density at radius 3 is 2.33 bits per heavy atom. The fourth-order valence-corrected chi connectivity index (χ4v) is 2.79. The predicted octanol–water partition coefficient (Wildman–Crippen LogP) is 3.91. The lowest BCUT2D eigenvalue weighted by Crippen LogP contribution is -2.24. The van der Waals surface area contributed by atoms with E-state index >= 15 is 0 Å². The van der Waals surface area contributed by atoms with Crippen LogP contribution in [0.5, 0.6) is 0 Å². The Bertz CT molecular complexity index is 475. The first kappa shape index (κ1) is 16.1. The molecule has 2 nitrogen and oxygen atoms in total. The lowest BCUT2D eigenvalue weighted by molar-refractivity contribution is -0.137. The molecular weight excluding hydrogens is 277 g/mol. The van der Waals surface area contributed by atoms with Crippen LogP contribution in [-0.4, -0.2) is 19.6 Å². The molecule has 1 saturated heterocycles. The van der Waals surface area contributed by atoms with Crippen LogP contribution in [-0.2, 0) is 12.7 Å². The molecular formula is C16H23F3N2. The van der Waals surface area contributed by atoms with E-state index in [9.17, 15) is 13.2 Å². The lowest BCUT2D eigenvalue weighted by atomic mass is 10.0. The van der Waals surface area contributed by atoms with Crippen molar-refractivity contribution in [3.8, 4) is 0 Å². The Hall–Kier alpha value is -1.23. The van der Waals surface area contributed by atoms with Gasteiger partial charge < -0.3 is 10.2 Å². The number of rotatable bonds is 4. The van der Waals surface area contributed by atoms with E-state index < -0.39 is 11.7 Å². The van der Waals surface area contributed by atoms with Crippen molar-refractivity contribution in [2.75, 3.05) is 24.5 Å². The molecule has 1 aliphatic rings. The summed E-state index contributed by atoms with van der Waals surface area (Å²) in [6, 6.07) is 4.70. The van der Waals surface area contributed by atoms with Gasteiger partial charge in [-0.2, -0.15) is 13.2 Å². The van der Waals surface area contributed by atoms with E-state index in [-0.39, 0.29) is 0 Å². The van der Waals surface area contributed by atoms with Crippen LogP contribution >= 0.6 is 0 Å². The fraction of sp³-hybridized carbons (Fsp3) is 0.625. The van der Waals surface area contributed by atoms with Crippen molar-refractivity contribution in [2.45, 2.75) is 33.5 Å². The second kappa shape index (κ2) is 6.26. The average molecular weight is 300 g/mol. The highest BCUT2D eigenvalue weighted by atomic mass is 19.4. The van der Waals surface area contributed by atoms with Gasteiger partial charge in [0.2, 0.25) is 0 Å². The first-order valence-corrected chi connectivity index (χ1v) is 7.48. The molecule has 0 spiro atoms. The SMILES string of the molecule is CCNCc1ccc(N2CC(C)C(C)C2)c(C(F)(F)F)c1. The van der Waals surface area contributed by atoms with E-state index in [1.807, 2.05) is 11.8 Å². The number of hydrogen-bond donors (Lipinski definition) is 1. The molecule has 0 aromatic heterocycles. The molecule has 0 amide bonds. The highest BCUT2D eigenvalue weighted by molar-refractivity contribution is 5.57. The van der Waals surface area contributed by atoms with Crippen molar-refractivity contribution in [2.24, 2.45) is 11.8 Å². The molecule has 0 radical (unpaired) electrons. The summed E-state index contributed by atoms with van der Waals surface area (Å²) < 4.78 is 40.1. The van der Waals surface area contributed by atoms with Crippen LogP contribution in [0.1, 0.15) is 31.9 Å². The quantitative estimate of drug-likeness (QED) is 0.907. The summed E-state index contributed by atoms with van der Waals surface area (Å²) in [7, 11) is 0. The molecule has 0 saturated carbocycles. The number of halogens is 3. The molecule has 0 aliphatic carbocycles. The van der Waals surface area contributed by atoms with E-state index in [0.29, 0.717) is 42.7 Å². The smallest absolute Gasteiger partial charge is 0.370 e. The van der Waals surface area contributed by atoms with E-state index in [1.165, 1.54) is 6.07 Å². The van der Waals surface area contributed by atoms with Gasteiger partial charge in [0, 0.05) is 25.3 Å². The second-order valence-electron chi connectivity index (χ2n) is 5.99. The van der Waals surface area contributed by atoms with Crippen LogP contribution < -0.4 is 10.2 Å². The summed E-state index contributed by atoms with van der Waals surface area (Å²) in [5.74, 6) is 0.847. The molecule has 2 unspecified atom stereocenters. The molecule has 1 aromatic carbocycles. The van der Waals surface area contributed by atoms with Gasteiger partial charge in [-0.15, -0.1) is 0 Å². The number of anilines is 1. The van der Waals surface area contributed by atoms with Crippen LogP contribution in [0, 0.1) is 11.8 Å². The summed E-state index contributed by atoms with van der Waals surface area (Å²) in [4.78, 5) is 1.87. The molecule has 2 atom stereocenters. The predicted molar refractivity (Wildman–Crippen MR) is 79.4 cm³/mol. The van der Waals surface area contributed by atoms with Crippen molar-refractivity contribution in [3.05, 3.63) is 29.3 Å². The van der Waals surface area contributed by atoms with Crippen molar-refractivity contribution >= 4 is 5.69 Å². The molecule has 1 aromatic rings. The van der Waals surface area contributed by atoms with Crippen LogP contribution in [0.15, 0.2) is 18.2 Å². The molecule has 0 bridgehead atoms. The monoisotopic (exact) mass is 300 g/mol. The van der Waals surface area contributed by atoms with E-state index in [1.54, 1.807) is 12.1 Å². The van der Waals surface area contributed by atoms with Gasteiger partial charge in [-0.3, -0.25) is 0 Å². The molecule has 118 valence electrons. The van der Waals surface area contributed by atoms with Gasteiger partial charge in [0.25, 0.3) is 0 Å². The minimum absolute atomic E-state index is 0.318. The number of nitrogens with one attached hydrogen (secondary N) is 1. The van der Waals surface area contributed by atoms with Crippen LogP contribution in [0.4, 0.5) is 18.9 Å². The summed E-state index contributed by atoms with van der Waals surface area (Å²) in [6.07, 6.45) is -4.31. The summed E-state index contributed by atoms with van der Waals surface area (Å²) in [5.41, 5.74) is 0.478.